The van der Waals surface area contributed by atoms with Crippen molar-refractivity contribution in [2.45, 2.75) is 26.2 Å². The third-order valence-electron chi connectivity index (χ3n) is 2.84. The Morgan fingerprint density at radius 3 is 2.61 bits per heavy atom. The van der Waals surface area contributed by atoms with Crippen LogP contribution in [0.2, 0.25) is 0 Å². The number of nitrogens with zero attached hydrogens (tertiary/aromatic N) is 1. The monoisotopic (exact) mass is 244 g/mol. The van der Waals surface area contributed by atoms with Crippen LogP contribution in [0.3, 0.4) is 0 Å². The Kier molecular flexibility index (Phi) is 2.73. The molecule has 1 aromatic carbocycles. The lowest BCUT2D eigenvalue weighted by Gasteiger charge is -2.19. The summed E-state index contributed by atoms with van der Waals surface area (Å²) >= 11 is 0. The van der Waals surface area contributed by atoms with Gasteiger partial charge in [0.15, 0.2) is 11.6 Å². The molecule has 4 heteroatoms. The lowest BCUT2D eigenvalue weighted by molar-refractivity contribution is 0.507. The number of aromatic nitrogens is 2. The standard InChI is InChI=1S/C14H16N2O2/c1-8(17)12-15-11-6-5-9(14(2,3)4)7-10(11)13(18)16-12/h5-7,17H,1H2,2-4H3,(H,15,16,18). The Labute approximate surface area is 105 Å². The van der Waals surface area contributed by atoms with Gasteiger partial charge in [-0.1, -0.05) is 33.4 Å². The van der Waals surface area contributed by atoms with E-state index in [-0.39, 0.29) is 22.6 Å². The first kappa shape index (κ1) is 12.4. The molecule has 2 aromatic rings. The van der Waals surface area contributed by atoms with Crippen molar-refractivity contribution in [2.24, 2.45) is 0 Å². The summed E-state index contributed by atoms with van der Waals surface area (Å²) in [5.41, 5.74) is 1.32. The van der Waals surface area contributed by atoms with Gasteiger partial charge in [0, 0.05) is 0 Å². The number of fused-ring (bicyclic) bond motifs is 1. The SMILES string of the molecule is C=C(O)c1nc2ccc(C(C)(C)C)cc2c(=O)[nH]1. The van der Waals surface area contributed by atoms with Crippen LogP contribution in [-0.4, -0.2) is 15.1 Å². The fourth-order valence-electron chi connectivity index (χ4n) is 1.74. The smallest absolute Gasteiger partial charge is 0.259 e. The topological polar surface area (TPSA) is 66.0 Å². The summed E-state index contributed by atoms with van der Waals surface area (Å²) in [5, 5.41) is 9.79. The van der Waals surface area contributed by atoms with E-state index in [1.165, 1.54) is 0 Å². The van der Waals surface area contributed by atoms with E-state index < -0.39 is 0 Å². The van der Waals surface area contributed by atoms with Gasteiger partial charge in [-0.2, -0.15) is 0 Å². The molecule has 0 spiro atoms. The average molecular weight is 244 g/mol. The minimum absolute atomic E-state index is 0.0279. The normalized spacial score (nSPS) is 11.7. The summed E-state index contributed by atoms with van der Waals surface area (Å²) in [5.74, 6) is -0.134. The second kappa shape index (κ2) is 3.98. The van der Waals surface area contributed by atoms with Crippen molar-refractivity contribution in [1.82, 2.24) is 9.97 Å². The number of nitrogens with one attached hydrogen (secondary N) is 1. The number of rotatable bonds is 1. The van der Waals surface area contributed by atoms with Crippen LogP contribution >= 0.6 is 0 Å². The largest absolute Gasteiger partial charge is 0.505 e. The van der Waals surface area contributed by atoms with E-state index in [0.717, 1.165) is 5.56 Å². The third kappa shape index (κ3) is 2.14. The number of aliphatic hydroxyl groups is 1. The Hall–Kier alpha value is -2.10. The maximum atomic E-state index is 11.9. The van der Waals surface area contributed by atoms with Gasteiger partial charge in [-0.3, -0.25) is 4.79 Å². The molecule has 0 saturated carbocycles. The van der Waals surface area contributed by atoms with Crippen LogP contribution in [0.1, 0.15) is 32.2 Å². The zero-order chi connectivity index (χ0) is 13.5. The van der Waals surface area contributed by atoms with Gasteiger partial charge in [-0.05, 0) is 23.1 Å². The highest BCUT2D eigenvalue weighted by Gasteiger charge is 2.15. The fourth-order valence-corrected chi connectivity index (χ4v) is 1.74. The molecule has 0 aliphatic carbocycles. The van der Waals surface area contributed by atoms with Crippen LogP contribution < -0.4 is 5.56 Å². The highest BCUT2D eigenvalue weighted by molar-refractivity contribution is 5.79. The van der Waals surface area contributed by atoms with Crippen molar-refractivity contribution in [3.8, 4) is 0 Å². The van der Waals surface area contributed by atoms with Crippen molar-refractivity contribution >= 4 is 16.7 Å². The van der Waals surface area contributed by atoms with Crippen LogP contribution in [0.15, 0.2) is 29.6 Å². The van der Waals surface area contributed by atoms with Gasteiger partial charge >= 0.3 is 0 Å². The Bertz CT molecular complexity index is 678. The maximum Gasteiger partial charge on any atom is 0.259 e. The van der Waals surface area contributed by atoms with Gasteiger partial charge in [-0.25, -0.2) is 4.98 Å². The molecular weight excluding hydrogens is 228 g/mol. The molecule has 94 valence electrons. The molecule has 0 aliphatic rings. The van der Waals surface area contributed by atoms with Gasteiger partial charge < -0.3 is 10.1 Å². The molecular formula is C14H16N2O2. The predicted octanol–water partition coefficient (Wildman–Crippen LogP) is 2.75. The van der Waals surface area contributed by atoms with Gasteiger partial charge in [0.2, 0.25) is 0 Å². The summed E-state index contributed by atoms with van der Waals surface area (Å²) in [4.78, 5) is 18.6. The molecule has 0 bridgehead atoms. The van der Waals surface area contributed by atoms with Crippen LogP contribution in [0.25, 0.3) is 16.7 Å². The molecule has 1 aromatic heterocycles. The predicted molar refractivity (Wildman–Crippen MR) is 72.7 cm³/mol. The van der Waals surface area contributed by atoms with Crippen LogP contribution in [0.4, 0.5) is 0 Å². The molecule has 18 heavy (non-hydrogen) atoms. The number of aliphatic hydroxyl groups excluding tert-OH is 1. The van der Waals surface area contributed by atoms with E-state index in [1.54, 1.807) is 6.07 Å². The number of benzene rings is 1. The van der Waals surface area contributed by atoms with Crippen molar-refractivity contribution in [3.05, 3.63) is 46.5 Å². The number of aromatic amines is 1. The van der Waals surface area contributed by atoms with Crippen molar-refractivity contribution < 1.29 is 5.11 Å². The third-order valence-corrected chi connectivity index (χ3v) is 2.84. The van der Waals surface area contributed by atoms with E-state index in [1.807, 2.05) is 12.1 Å². The molecule has 1 heterocycles. The summed E-state index contributed by atoms with van der Waals surface area (Å²) in [6.45, 7) is 9.60. The highest BCUT2D eigenvalue weighted by atomic mass is 16.3. The quantitative estimate of drug-likeness (QED) is 0.758. The molecule has 4 nitrogen and oxygen atoms in total. The van der Waals surface area contributed by atoms with Crippen LogP contribution in [0.5, 0.6) is 0 Å². The first-order valence-electron chi connectivity index (χ1n) is 5.72. The van der Waals surface area contributed by atoms with Crippen molar-refractivity contribution in [2.75, 3.05) is 0 Å². The van der Waals surface area contributed by atoms with E-state index in [4.69, 9.17) is 0 Å². The summed E-state index contributed by atoms with van der Waals surface area (Å²) < 4.78 is 0. The minimum atomic E-state index is -0.267. The van der Waals surface area contributed by atoms with E-state index in [9.17, 15) is 9.90 Å². The number of hydrogen-bond donors (Lipinski definition) is 2. The average Bonchev–Trinajstić information content (AvgIpc) is 2.27. The molecule has 2 N–H and O–H groups in total. The fraction of sp³-hybridized carbons (Fsp3) is 0.286. The molecule has 0 amide bonds. The summed E-state index contributed by atoms with van der Waals surface area (Å²) in [6, 6.07) is 5.57. The number of hydrogen-bond acceptors (Lipinski definition) is 3. The van der Waals surface area contributed by atoms with Crippen molar-refractivity contribution in [1.29, 1.82) is 0 Å². The van der Waals surface area contributed by atoms with E-state index in [0.29, 0.717) is 10.9 Å². The maximum absolute atomic E-state index is 11.9. The van der Waals surface area contributed by atoms with Crippen molar-refractivity contribution in [3.63, 3.8) is 0 Å². The first-order chi connectivity index (χ1) is 8.29. The van der Waals surface area contributed by atoms with E-state index >= 15 is 0 Å². The lowest BCUT2D eigenvalue weighted by atomic mass is 9.86. The Morgan fingerprint density at radius 2 is 2.06 bits per heavy atom. The summed E-state index contributed by atoms with van der Waals surface area (Å²) in [6.07, 6.45) is 0. The Balaban J connectivity index is 2.74. The number of H-pyrrole nitrogens is 1. The van der Waals surface area contributed by atoms with Gasteiger partial charge in [0.1, 0.15) is 0 Å². The molecule has 0 atom stereocenters. The van der Waals surface area contributed by atoms with Crippen LogP contribution in [-0.2, 0) is 5.41 Å². The van der Waals surface area contributed by atoms with Gasteiger partial charge in [-0.15, -0.1) is 0 Å². The molecule has 0 aliphatic heterocycles. The zero-order valence-electron chi connectivity index (χ0n) is 10.7. The molecule has 2 rings (SSSR count). The molecule has 0 unspecified atom stereocenters. The van der Waals surface area contributed by atoms with Crippen LogP contribution in [0, 0.1) is 0 Å². The Morgan fingerprint density at radius 1 is 1.39 bits per heavy atom. The first-order valence-corrected chi connectivity index (χ1v) is 5.72. The molecule has 0 saturated heterocycles. The highest BCUT2D eigenvalue weighted by Crippen LogP contribution is 2.24. The minimum Gasteiger partial charge on any atom is -0.505 e. The summed E-state index contributed by atoms with van der Waals surface area (Å²) in [7, 11) is 0. The van der Waals surface area contributed by atoms with Gasteiger partial charge in [0.05, 0.1) is 10.9 Å². The van der Waals surface area contributed by atoms with E-state index in [2.05, 4.69) is 37.3 Å². The zero-order valence-corrected chi connectivity index (χ0v) is 10.7. The van der Waals surface area contributed by atoms with Gasteiger partial charge in [0.25, 0.3) is 5.56 Å². The lowest BCUT2D eigenvalue weighted by Crippen LogP contribution is -2.15. The molecule has 0 fully saturated rings. The second-order valence-electron chi connectivity index (χ2n) is 5.34. The molecule has 0 radical (unpaired) electrons. The second-order valence-corrected chi connectivity index (χ2v) is 5.34.